The highest BCUT2D eigenvalue weighted by molar-refractivity contribution is 8.01. The van der Waals surface area contributed by atoms with E-state index in [-0.39, 0.29) is 4.90 Å². The number of halogens is 4. The fourth-order valence-corrected chi connectivity index (χ4v) is 4.25. The number of anilines is 1. The SMILES string of the molecule is C=S(=O)(Nc1ccc(Cl)c2cc(-c3cccnc3)nn12)c1ccc(C(F)(F)F)cc1. The van der Waals surface area contributed by atoms with Gasteiger partial charge in [-0.05, 0) is 60.5 Å². The molecule has 4 rings (SSSR count). The zero-order valence-corrected chi connectivity index (χ0v) is 16.8. The summed E-state index contributed by atoms with van der Waals surface area (Å²) < 4.78 is 55.8. The molecule has 0 aliphatic heterocycles. The minimum absolute atomic E-state index is 0.123. The molecular weight excluding hydrogens is 437 g/mol. The first-order chi connectivity index (χ1) is 14.1. The molecule has 1 atom stereocenters. The Morgan fingerprint density at radius 1 is 1.10 bits per heavy atom. The van der Waals surface area contributed by atoms with Gasteiger partial charge in [0.15, 0.2) is 0 Å². The molecule has 154 valence electrons. The highest BCUT2D eigenvalue weighted by Crippen LogP contribution is 2.31. The van der Waals surface area contributed by atoms with Crippen LogP contribution in [0.3, 0.4) is 0 Å². The Hall–Kier alpha value is -3.04. The average molecular weight is 451 g/mol. The van der Waals surface area contributed by atoms with Crippen molar-refractivity contribution in [3.05, 3.63) is 77.6 Å². The van der Waals surface area contributed by atoms with Gasteiger partial charge in [-0.2, -0.15) is 18.3 Å². The van der Waals surface area contributed by atoms with Gasteiger partial charge >= 0.3 is 6.18 Å². The third-order valence-electron chi connectivity index (χ3n) is 4.36. The number of rotatable bonds is 4. The summed E-state index contributed by atoms with van der Waals surface area (Å²) in [6, 6.07) is 12.6. The van der Waals surface area contributed by atoms with E-state index in [9.17, 15) is 17.4 Å². The average Bonchev–Trinajstić information content (AvgIpc) is 3.17. The summed E-state index contributed by atoms with van der Waals surface area (Å²) in [6.45, 7) is 0. The van der Waals surface area contributed by atoms with Gasteiger partial charge in [-0.3, -0.25) is 9.71 Å². The number of alkyl halides is 3. The maximum Gasteiger partial charge on any atom is 0.416 e. The lowest BCUT2D eigenvalue weighted by atomic mass is 10.2. The fraction of sp³-hybridized carbons (Fsp3) is 0.0500. The van der Waals surface area contributed by atoms with E-state index in [0.29, 0.717) is 22.1 Å². The van der Waals surface area contributed by atoms with E-state index >= 15 is 0 Å². The molecule has 0 saturated heterocycles. The Bertz CT molecular complexity index is 1320. The number of nitrogens with one attached hydrogen (secondary N) is 1. The summed E-state index contributed by atoms with van der Waals surface area (Å²) in [5.74, 6) is 4.00. The monoisotopic (exact) mass is 450 g/mol. The Balaban J connectivity index is 1.73. The van der Waals surface area contributed by atoms with Crippen LogP contribution >= 0.6 is 11.6 Å². The standard InChI is InChI=1S/C20H14ClF3N4OS/c1-30(29,15-6-4-14(5-7-15)20(22,23)24)27-19-9-8-16(21)18-11-17(26-28(18)19)13-3-2-10-25-12-13/h2-12H,1H2,(H,27,29). The van der Waals surface area contributed by atoms with Crippen molar-refractivity contribution in [1.82, 2.24) is 14.6 Å². The molecule has 0 spiro atoms. The number of pyridine rings is 2. The number of aromatic nitrogens is 3. The molecule has 0 radical (unpaired) electrons. The molecule has 0 saturated carbocycles. The molecule has 5 nitrogen and oxygen atoms in total. The third kappa shape index (κ3) is 3.86. The van der Waals surface area contributed by atoms with Gasteiger partial charge in [0.2, 0.25) is 0 Å². The number of fused-ring (bicyclic) bond motifs is 1. The molecule has 0 aliphatic carbocycles. The van der Waals surface area contributed by atoms with Gasteiger partial charge in [-0.1, -0.05) is 11.6 Å². The van der Waals surface area contributed by atoms with Crippen LogP contribution in [0.5, 0.6) is 0 Å². The van der Waals surface area contributed by atoms with Crippen molar-refractivity contribution in [2.75, 3.05) is 4.72 Å². The van der Waals surface area contributed by atoms with Gasteiger partial charge in [-0.25, -0.2) is 8.72 Å². The fourth-order valence-electron chi connectivity index (χ4n) is 2.87. The lowest BCUT2D eigenvalue weighted by molar-refractivity contribution is -0.137. The van der Waals surface area contributed by atoms with Crippen molar-refractivity contribution in [2.24, 2.45) is 0 Å². The van der Waals surface area contributed by atoms with E-state index in [2.05, 4.69) is 20.7 Å². The van der Waals surface area contributed by atoms with Gasteiger partial charge in [0.05, 0.1) is 31.5 Å². The predicted molar refractivity (Wildman–Crippen MR) is 112 cm³/mol. The van der Waals surface area contributed by atoms with Crippen molar-refractivity contribution in [1.29, 1.82) is 0 Å². The summed E-state index contributed by atoms with van der Waals surface area (Å²) in [5, 5.41) is 4.92. The minimum Gasteiger partial charge on any atom is -0.293 e. The van der Waals surface area contributed by atoms with Crippen LogP contribution in [0.1, 0.15) is 5.56 Å². The Morgan fingerprint density at radius 3 is 2.47 bits per heavy atom. The second kappa shape index (κ2) is 7.33. The van der Waals surface area contributed by atoms with E-state index in [1.807, 2.05) is 6.07 Å². The van der Waals surface area contributed by atoms with Crippen molar-refractivity contribution in [2.45, 2.75) is 11.1 Å². The van der Waals surface area contributed by atoms with Gasteiger partial charge in [0.25, 0.3) is 0 Å². The van der Waals surface area contributed by atoms with E-state index in [0.717, 1.165) is 29.8 Å². The smallest absolute Gasteiger partial charge is 0.293 e. The molecule has 3 heterocycles. The summed E-state index contributed by atoms with van der Waals surface area (Å²) in [7, 11) is -3.17. The van der Waals surface area contributed by atoms with E-state index in [1.165, 1.54) is 4.52 Å². The molecule has 0 aliphatic rings. The highest BCUT2D eigenvalue weighted by atomic mass is 35.5. The van der Waals surface area contributed by atoms with Gasteiger partial charge in [-0.15, -0.1) is 0 Å². The molecule has 0 bridgehead atoms. The number of hydrogen-bond donors (Lipinski definition) is 1. The number of hydrogen-bond acceptors (Lipinski definition) is 3. The Kier molecular flexibility index (Phi) is 4.95. The molecule has 1 aromatic carbocycles. The van der Waals surface area contributed by atoms with Gasteiger partial charge in [0, 0.05) is 22.9 Å². The molecule has 0 amide bonds. The molecule has 4 aromatic rings. The molecule has 0 fully saturated rings. The number of benzene rings is 1. The zero-order valence-electron chi connectivity index (χ0n) is 15.2. The van der Waals surface area contributed by atoms with Crippen molar-refractivity contribution in [3.63, 3.8) is 0 Å². The molecule has 1 unspecified atom stereocenters. The molecule has 3 aromatic heterocycles. The second-order valence-corrected chi connectivity index (χ2v) is 8.87. The summed E-state index contributed by atoms with van der Waals surface area (Å²) >= 11 is 6.28. The first-order valence-corrected chi connectivity index (χ1v) is 10.7. The lowest BCUT2D eigenvalue weighted by Crippen LogP contribution is -2.16. The summed E-state index contributed by atoms with van der Waals surface area (Å²) in [5.41, 5.74) is 1.09. The van der Waals surface area contributed by atoms with Crippen LogP contribution in [-0.4, -0.2) is 24.7 Å². The van der Waals surface area contributed by atoms with Crippen LogP contribution in [0, 0.1) is 0 Å². The van der Waals surface area contributed by atoms with Crippen molar-refractivity contribution in [3.8, 4) is 11.3 Å². The maximum absolute atomic E-state index is 13.1. The van der Waals surface area contributed by atoms with Crippen LogP contribution in [0.4, 0.5) is 19.0 Å². The third-order valence-corrected chi connectivity index (χ3v) is 6.25. The van der Waals surface area contributed by atoms with Crippen LogP contribution in [0.25, 0.3) is 16.8 Å². The van der Waals surface area contributed by atoms with E-state index in [4.69, 9.17) is 11.6 Å². The first-order valence-electron chi connectivity index (χ1n) is 8.56. The van der Waals surface area contributed by atoms with Crippen molar-refractivity contribution >= 4 is 38.5 Å². The van der Waals surface area contributed by atoms with E-state index in [1.54, 1.807) is 36.7 Å². The topological polar surface area (TPSA) is 59.3 Å². The normalized spacial score (nSPS) is 13.9. The molecular formula is C20H14ClF3N4OS. The van der Waals surface area contributed by atoms with Gasteiger partial charge < -0.3 is 0 Å². The first kappa shape index (κ1) is 20.2. The predicted octanol–water partition coefficient (Wildman–Crippen LogP) is 5.17. The summed E-state index contributed by atoms with van der Waals surface area (Å²) in [6.07, 6.45) is -1.19. The molecule has 10 heteroatoms. The van der Waals surface area contributed by atoms with Gasteiger partial charge in [0.1, 0.15) is 5.82 Å². The molecule has 30 heavy (non-hydrogen) atoms. The Labute approximate surface area is 175 Å². The Morgan fingerprint density at radius 2 is 1.83 bits per heavy atom. The van der Waals surface area contributed by atoms with Crippen LogP contribution in [0.2, 0.25) is 5.02 Å². The molecule has 1 N–H and O–H groups in total. The lowest BCUT2D eigenvalue weighted by Gasteiger charge is -2.15. The summed E-state index contributed by atoms with van der Waals surface area (Å²) in [4.78, 5) is 4.19. The second-order valence-electron chi connectivity index (χ2n) is 6.43. The minimum atomic E-state index is -4.48. The van der Waals surface area contributed by atoms with Crippen LogP contribution in [0.15, 0.2) is 71.9 Å². The largest absolute Gasteiger partial charge is 0.416 e. The quantitative estimate of drug-likeness (QED) is 0.436. The van der Waals surface area contributed by atoms with Crippen molar-refractivity contribution < 1.29 is 17.4 Å². The van der Waals surface area contributed by atoms with Crippen LogP contribution in [-0.2, 0) is 15.9 Å². The maximum atomic E-state index is 13.1. The van der Waals surface area contributed by atoms with Crippen LogP contribution < -0.4 is 4.72 Å². The number of nitrogens with zero attached hydrogens (tertiary/aromatic N) is 3. The van der Waals surface area contributed by atoms with E-state index < -0.39 is 21.4 Å². The highest BCUT2D eigenvalue weighted by Gasteiger charge is 2.30. The zero-order chi connectivity index (χ0) is 21.5.